The Kier molecular flexibility index (Phi) is 5.63. The third-order valence-corrected chi connectivity index (χ3v) is 4.08. The van der Waals surface area contributed by atoms with E-state index in [9.17, 15) is 4.39 Å². The maximum atomic E-state index is 13.4. The van der Waals surface area contributed by atoms with Crippen molar-refractivity contribution in [1.29, 1.82) is 0 Å². The molecule has 0 spiro atoms. The van der Waals surface area contributed by atoms with Gasteiger partial charge >= 0.3 is 0 Å². The van der Waals surface area contributed by atoms with Crippen LogP contribution < -0.4 is 10.1 Å². The average molecular weight is 365 g/mol. The average Bonchev–Trinajstić information content (AvgIpc) is 2.79. The normalized spacial score (nSPS) is 10.7. The zero-order valence-corrected chi connectivity index (χ0v) is 13.1. The second-order valence-corrected chi connectivity index (χ2v) is 6.52. The van der Waals surface area contributed by atoms with E-state index in [1.165, 1.54) is 10.9 Å². The first-order valence-electron chi connectivity index (χ1n) is 5.68. The highest BCUT2D eigenvalue weighted by Crippen LogP contribution is 2.22. The van der Waals surface area contributed by atoms with E-state index in [4.69, 9.17) is 16.3 Å². The number of benzene rings is 1. The van der Waals surface area contributed by atoms with Crippen LogP contribution in [-0.4, -0.2) is 13.2 Å². The largest absolute Gasteiger partial charge is 0.489 e. The molecule has 0 amide bonds. The van der Waals surface area contributed by atoms with Crippen LogP contribution in [0.15, 0.2) is 34.8 Å². The predicted octanol–water partition coefficient (Wildman–Crippen LogP) is 4.47. The third-order valence-electron chi connectivity index (χ3n) is 2.36. The van der Waals surface area contributed by atoms with Gasteiger partial charge in [-0.1, -0.05) is 27.5 Å². The Balaban J connectivity index is 1.70. The second-order valence-electron chi connectivity index (χ2n) is 3.81. The molecule has 1 aromatic heterocycles. The molecule has 1 aromatic carbocycles. The van der Waals surface area contributed by atoms with Gasteiger partial charge in [0.15, 0.2) is 11.6 Å². The van der Waals surface area contributed by atoms with E-state index in [0.717, 1.165) is 15.4 Å². The van der Waals surface area contributed by atoms with Crippen molar-refractivity contribution in [2.45, 2.75) is 6.54 Å². The molecule has 2 rings (SSSR count). The molecule has 0 aliphatic heterocycles. The van der Waals surface area contributed by atoms with Crippen LogP contribution in [0.2, 0.25) is 4.34 Å². The Morgan fingerprint density at radius 1 is 1.32 bits per heavy atom. The van der Waals surface area contributed by atoms with Crippen LogP contribution in [0.3, 0.4) is 0 Å². The molecule has 0 atom stereocenters. The summed E-state index contributed by atoms with van der Waals surface area (Å²) in [6.07, 6.45) is 0. The van der Waals surface area contributed by atoms with Crippen molar-refractivity contribution in [2.75, 3.05) is 13.2 Å². The summed E-state index contributed by atoms with van der Waals surface area (Å²) in [5.74, 6) is -0.0939. The minimum atomic E-state index is -0.353. The molecule has 0 bridgehead atoms. The molecule has 1 N–H and O–H groups in total. The maximum absolute atomic E-state index is 13.4. The number of rotatable bonds is 6. The van der Waals surface area contributed by atoms with Crippen LogP contribution in [0.1, 0.15) is 4.88 Å². The van der Waals surface area contributed by atoms with Gasteiger partial charge in [0.2, 0.25) is 0 Å². The maximum Gasteiger partial charge on any atom is 0.165 e. The molecule has 2 aromatic rings. The molecule has 6 heteroatoms. The van der Waals surface area contributed by atoms with Crippen molar-refractivity contribution < 1.29 is 9.13 Å². The summed E-state index contributed by atoms with van der Waals surface area (Å²) in [4.78, 5) is 1.17. The Morgan fingerprint density at radius 2 is 2.16 bits per heavy atom. The van der Waals surface area contributed by atoms with Crippen molar-refractivity contribution in [3.05, 3.63) is 49.8 Å². The highest BCUT2D eigenvalue weighted by molar-refractivity contribution is 9.10. The molecule has 0 unspecified atom stereocenters. The lowest BCUT2D eigenvalue weighted by Crippen LogP contribution is -2.20. The van der Waals surface area contributed by atoms with Crippen molar-refractivity contribution in [3.63, 3.8) is 0 Å². The van der Waals surface area contributed by atoms with Crippen molar-refractivity contribution >= 4 is 38.9 Å². The van der Waals surface area contributed by atoms with E-state index in [1.807, 2.05) is 12.1 Å². The van der Waals surface area contributed by atoms with Crippen LogP contribution in [0.25, 0.3) is 0 Å². The van der Waals surface area contributed by atoms with Gasteiger partial charge in [0.05, 0.1) is 4.34 Å². The standard InChI is InChI=1S/C13H12BrClFNOS/c14-9-1-3-11(16)12(7-9)18-6-5-17-8-10-2-4-13(15)19-10/h1-4,7,17H,5-6,8H2. The molecular formula is C13H12BrClFNOS. The van der Waals surface area contributed by atoms with E-state index in [-0.39, 0.29) is 11.6 Å². The van der Waals surface area contributed by atoms with Crippen LogP contribution in [0.4, 0.5) is 4.39 Å². The van der Waals surface area contributed by atoms with Gasteiger partial charge in [0, 0.05) is 22.4 Å². The molecule has 0 radical (unpaired) electrons. The summed E-state index contributed by atoms with van der Waals surface area (Å²) in [5.41, 5.74) is 0. The van der Waals surface area contributed by atoms with Gasteiger partial charge in [0.25, 0.3) is 0 Å². The van der Waals surface area contributed by atoms with Gasteiger partial charge in [-0.05, 0) is 30.3 Å². The minimum Gasteiger partial charge on any atom is -0.489 e. The Hall–Kier alpha value is -0.620. The SMILES string of the molecule is Fc1ccc(Br)cc1OCCNCc1ccc(Cl)s1. The zero-order valence-electron chi connectivity index (χ0n) is 9.96. The molecule has 19 heavy (non-hydrogen) atoms. The number of halogens is 3. The van der Waals surface area contributed by atoms with Crippen molar-refractivity contribution in [2.24, 2.45) is 0 Å². The van der Waals surface area contributed by atoms with Gasteiger partial charge in [-0.3, -0.25) is 0 Å². The zero-order chi connectivity index (χ0) is 13.7. The molecule has 0 aliphatic carbocycles. The Bertz CT molecular complexity index is 549. The van der Waals surface area contributed by atoms with Gasteiger partial charge in [-0.2, -0.15) is 0 Å². The number of hydrogen-bond donors (Lipinski definition) is 1. The minimum absolute atomic E-state index is 0.260. The van der Waals surface area contributed by atoms with Gasteiger partial charge in [-0.25, -0.2) is 4.39 Å². The van der Waals surface area contributed by atoms with Gasteiger partial charge in [0.1, 0.15) is 6.61 Å². The lowest BCUT2D eigenvalue weighted by Gasteiger charge is -2.08. The van der Waals surface area contributed by atoms with Crippen LogP contribution in [0, 0.1) is 5.82 Å². The summed E-state index contributed by atoms with van der Waals surface area (Å²) >= 11 is 10.7. The summed E-state index contributed by atoms with van der Waals surface area (Å²) in [6.45, 7) is 1.79. The lowest BCUT2D eigenvalue weighted by molar-refractivity contribution is 0.298. The molecule has 0 saturated heterocycles. The summed E-state index contributed by atoms with van der Waals surface area (Å²) in [5, 5.41) is 3.21. The molecule has 102 valence electrons. The monoisotopic (exact) mass is 363 g/mol. The topological polar surface area (TPSA) is 21.3 Å². The molecular weight excluding hydrogens is 353 g/mol. The molecule has 1 heterocycles. The molecule has 0 fully saturated rings. The highest BCUT2D eigenvalue weighted by atomic mass is 79.9. The van der Waals surface area contributed by atoms with E-state index in [2.05, 4.69) is 21.2 Å². The highest BCUT2D eigenvalue weighted by Gasteiger charge is 2.03. The molecule has 0 aliphatic rings. The van der Waals surface area contributed by atoms with E-state index >= 15 is 0 Å². The summed E-state index contributed by atoms with van der Waals surface area (Å²) < 4.78 is 20.3. The van der Waals surface area contributed by atoms with E-state index < -0.39 is 0 Å². The Labute approximate surface area is 128 Å². The number of hydrogen-bond acceptors (Lipinski definition) is 3. The number of ether oxygens (including phenoxy) is 1. The molecule has 2 nitrogen and oxygen atoms in total. The first-order valence-corrected chi connectivity index (χ1v) is 7.66. The second kappa shape index (κ2) is 7.24. The Morgan fingerprint density at radius 3 is 2.89 bits per heavy atom. The fourth-order valence-corrected chi connectivity index (χ4v) is 2.88. The third kappa shape index (κ3) is 4.76. The van der Waals surface area contributed by atoms with Crippen molar-refractivity contribution in [3.8, 4) is 5.75 Å². The van der Waals surface area contributed by atoms with E-state index in [0.29, 0.717) is 13.2 Å². The quantitative estimate of drug-likeness (QED) is 0.764. The van der Waals surface area contributed by atoms with Crippen LogP contribution in [-0.2, 0) is 6.54 Å². The smallest absolute Gasteiger partial charge is 0.165 e. The van der Waals surface area contributed by atoms with Crippen LogP contribution in [0.5, 0.6) is 5.75 Å². The molecule has 0 saturated carbocycles. The fourth-order valence-electron chi connectivity index (χ4n) is 1.48. The van der Waals surface area contributed by atoms with Gasteiger partial charge in [-0.15, -0.1) is 11.3 Å². The summed E-state index contributed by atoms with van der Waals surface area (Å²) in [7, 11) is 0. The summed E-state index contributed by atoms with van der Waals surface area (Å²) in [6, 6.07) is 8.49. The first kappa shape index (κ1) is 14.8. The van der Waals surface area contributed by atoms with Gasteiger partial charge < -0.3 is 10.1 Å². The van der Waals surface area contributed by atoms with Crippen molar-refractivity contribution in [1.82, 2.24) is 5.32 Å². The van der Waals surface area contributed by atoms with Crippen LogP contribution >= 0.6 is 38.9 Å². The lowest BCUT2D eigenvalue weighted by atomic mass is 10.3. The fraction of sp³-hybridized carbons (Fsp3) is 0.231. The first-order chi connectivity index (χ1) is 9.15. The predicted molar refractivity (Wildman–Crippen MR) is 80.6 cm³/mol. The van der Waals surface area contributed by atoms with E-state index in [1.54, 1.807) is 23.5 Å². The number of nitrogens with one attached hydrogen (secondary N) is 1. The number of thiophene rings is 1.